The first-order valence-electron chi connectivity index (χ1n) is 5.51. The fourth-order valence-electron chi connectivity index (χ4n) is 2.01. The van der Waals surface area contributed by atoms with Crippen LogP contribution in [0.3, 0.4) is 0 Å². The Kier molecular flexibility index (Phi) is 2.85. The Morgan fingerprint density at radius 1 is 1.69 bits per heavy atom. The summed E-state index contributed by atoms with van der Waals surface area (Å²) in [5.74, 6) is 0.230. The molecule has 0 radical (unpaired) electrons. The van der Waals surface area contributed by atoms with Gasteiger partial charge in [0.1, 0.15) is 6.26 Å². The topological polar surface area (TPSA) is 66.6 Å². The van der Waals surface area contributed by atoms with Crippen molar-refractivity contribution in [3.8, 4) is 0 Å². The van der Waals surface area contributed by atoms with Crippen molar-refractivity contribution in [1.82, 2.24) is 4.98 Å². The summed E-state index contributed by atoms with van der Waals surface area (Å²) in [5, 5.41) is 8.74. The summed E-state index contributed by atoms with van der Waals surface area (Å²) in [6, 6.07) is 0.431. The number of oxazole rings is 1. The lowest BCUT2D eigenvalue weighted by Crippen LogP contribution is -2.21. The second-order valence-electron chi connectivity index (χ2n) is 4.56. The van der Waals surface area contributed by atoms with Gasteiger partial charge in [0.2, 0.25) is 0 Å². The molecule has 1 aliphatic rings. The molecule has 0 amide bonds. The molecule has 1 N–H and O–H groups in total. The maximum Gasteiger partial charge on any atom is 0.357 e. The Labute approximate surface area is 94.1 Å². The largest absolute Gasteiger partial charge is 0.476 e. The minimum absolute atomic E-state index is 0.0250. The number of hydrogen-bond acceptors (Lipinski definition) is 4. The van der Waals surface area contributed by atoms with Crippen LogP contribution in [0.4, 0.5) is 6.01 Å². The third-order valence-electron chi connectivity index (χ3n) is 3.15. The van der Waals surface area contributed by atoms with Crippen LogP contribution < -0.4 is 4.90 Å². The lowest BCUT2D eigenvalue weighted by Gasteiger charge is -2.15. The average Bonchev–Trinajstić information content (AvgIpc) is 2.86. The summed E-state index contributed by atoms with van der Waals surface area (Å²) < 4.78 is 5.17. The normalized spacial score (nSPS) is 20.7. The predicted octanol–water partition coefficient (Wildman–Crippen LogP) is 1.86. The number of aromatic nitrogens is 1. The highest BCUT2D eigenvalue weighted by atomic mass is 16.4. The summed E-state index contributed by atoms with van der Waals surface area (Å²) in [5.41, 5.74) is -0.0250. The minimum Gasteiger partial charge on any atom is -0.476 e. The van der Waals surface area contributed by atoms with E-state index in [2.05, 4.69) is 18.8 Å². The van der Waals surface area contributed by atoms with E-state index in [1.165, 1.54) is 6.26 Å². The third kappa shape index (κ3) is 2.03. The standard InChI is InChI=1S/C11H16N2O3/c1-7(2)8-3-4-13(5-8)11-12-9(6-16-11)10(14)15/h6-8H,3-5H2,1-2H3,(H,14,15). The Morgan fingerprint density at radius 3 is 2.94 bits per heavy atom. The molecule has 1 saturated heterocycles. The zero-order valence-electron chi connectivity index (χ0n) is 9.51. The maximum atomic E-state index is 10.7. The number of anilines is 1. The molecule has 0 aromatic carbocycles. The molecule has 0 aliphatic carbocycles. The van der Waals surface area contributed by atoms with Crippen molar-refractivity contribution in [2.24, 2.45) is 11.8 Å². The smallest absolute Gasteiger partial charge is 0.357 e. The fraction of sp³-hybridized carbons (Fsp3) is 0.636. The molecule has 1 aliphatic heterocycles. The van der Waals surface area contributed by atoms with E-state index < -0.39 is 5.97 Å². The molecule has 88 valence electrons. The van der Waals surface area contributed by atoms with Crippen LogP contribution in [0.1, 0.15) is 30.8 Å². The molecule has 16 heavy (non-hydrogen) atoms. The molecule has 1 fully saturated rings. The Balaban J connectivity index is 2.06. The molecular weight excluding hydrogens is 208 g/mol. The Morgan fingerprint density at radius 2 is 2.44 bits per heavy atom. The first-order chi connectivity index (χ1) is 7.58. The van der Waals surface area contributed by atoms with Gasteiger partial charge >= 0.3 is 5.97 Å². The van der Waals surface area contributed by atoms with E-state index in [0.717, 1.165) is 19.5 Å². The monoisotopic (exact) mass is 224 g/mol. The van der Waals surface area contributed by atoms with Crippen molar-refractivity contribution in [2.75, 3.05) is 18.0 Å². The lowest BCUT2D eigenvalue weighted by molar-refractivity contribution is 0.0690. The van der Waals surface area contributed by atoms with Gasteiger partial charge in [0.05, 0.1) is 0 Å². The number of carboxylic acids is 1. The van der Waals surface area contributed by atoms with Crippen LogP contribution in [-0.2, 0) is 0 Å². The van der Waals surface area contributed by atoms with E-state index in [9.17, 15) is 4.79 Å². The van der Waals surface area contributed by atoms with Gasteiger partial charge in [-0.1, -0.05) is 13.8 Å². The van der Waals surface area contributed by atoms with Crippen molar-refractivity contribution in [1.29, 1.82) is 0 Å². The molecular formula is C11H16N2O3. The van der Waals surface area contributed by atoms with E-state index in [1.54, 1.807) is 0 Å². The minimum atomic E-state index is -1.05. The Bertz CT molecular complexity index is 386. The molecule has 2 rings (SSSR count). The van der Waals surface area contributed by atoms with Gasteiger partial charge < -0.3 is 14.4 Å². The van der Waals surface area contributed by atoms with Crippen LogP contribution in [0.5, 0.6) is 0 Å². The quantitative estimate of drug-likeness (QED) is 0.848. The molecule has 0 spiro atoms. The van der Waals surface area contributed by atoms with Crippen LogP contribution in [0.25, 0.3) is 0 Å². The van der Waals surface area contributed by atoms with Crippen molar-refractivity contribution in [2.45, 2.75) is 20.3 Å². The first kappa shape index (κ1) is 11.0. The molecule has 1 aromatic rings. The second-order valence-corrected chi connectivity index (χ2v) is 4.56. The van der Waals surface area contributed by atoms with Crippen molar-refractivity contribution in [3.63, 3.8) is 0 Å². The highest BCUT2D eigenvalue weighted by molar-refractivity contribution is 5.85. The van der Waals surface area contributed by atoms with Crippen LogP contribution in [-0.4, -0.2) is 29.1 Å². The number of rotatable bonds is 3. The molecule has 5 nitrogen and oxygen atoms in total. The lowest BCUT2D eigenvalue weighted by atomic mass is 9.95. The number of nitrogens with zero attached hydrogens (tertiary/aromatic N) is 2. The molecule has 0 saturated carbocycles. The van der Waals surface area contributed by atoms with E-state index in [4.69, 9.17) is 9.52 Å². The second kappa shape index (κ2) is 4.15. The van der Waals surface area contributed by atoms with Crippen LogP contribution in [0.15, 0.2) is 10.7 Å². The fourth-order valence-corrected chi connectivity index (χ4v) is 2.01. The van der Waals surface area contributed by atoms with Crippen molar-refractivity contribution >= 4 is 12.0 Å². The SMILES string of the molecule is CC(C)C1CCN(c2nc(C(=O)O)co2)C1. The van der Waals surface area contributed by atoms with Crippen molar-refractivity contribution < 1.29 is 14.3 Å². The highest BCUT2D eigenvalue weighted by Crippen LogP contribution is 2.27. The number of carbonyl (C=O) groups is 1. The van der Waals surface area contributed by atoms with Gasteiger partial charge in [-0.3, -0.25) is 0 Å². The van der Waals surface area contributed by atoms with E-state index in [-0.39, 0.29) is 5.69 Å². The van der Waals surface area contributed by atoms with Gasteiger partial charge in [-0.05, 0) is 18.3 Å². The average molecular weight is 224 g/mol. The molecule has 1 atom stereocenters. The molecule has 1 unspecified atom stereocenters. The van der Waals surface area contributed by atoms with E-state index >= 15 is 0 Å². The van der Waals surface area contributed by atoms with Gasteiger partial charge in [0.25, 0.3) is 6.01 Å². The number of hydrogen-bond donors (Lipinski definition) is 1. The van der Waals surface area contributed by atoms with Crippen LogP contribution in [0.2, 0.25) is 0 Å². The Hall–Kier alpha value is -1.52. The van der Waals surface area contributed by atoms with Gasteiger partial charge in [-0.15, -0.1) is 0 Å². The first-order valence-corrected chi connectivity index (χ1v) is 5.51. The van der Waals surface area contributed by atoms with Gasteiger partial charge in [0, 0.05) is 13.1 Å². The summed E-state index contributed by atoms with van der Waals surface area (Å²) in [4.78, 5) is 16.6. The third-order valence-corrected chi connectivity index (χ3v) is 3.15. The summed E-state index contributed by atoms with van der Waals surface area (Å²) in [7, 11) is 0. The van der Waals surface area contributed by atoms with Gasteiger partial charge in [0.15, 0.2) is 5.69 Å². The predicted molar refractivity (Wildman–Crippen MR) is 58.6 cm³/mol. The molecule has 5 heteroatoms. The summed E-state index contributed by atoms with van der Waals surface area (Å²) >= 11 is 0. The molecule has 1 aromatic heterocycles. The summed E-state index contributed by atoms with van der Waals surface area (Å²) in [6.07, 6.45) is 2.31. The van der Waals surface area contributed by atoms with Gasteiger partial charge in [-0.25, -0.2) is 4.79 Å². The van der Waals surface area contributed by atoms with Crippen LogP contribution in [0, 0.1) is 11.8 Å². The zero-order valence-corrected chi connectivity index (χ0v) is 9.51. The van der Waals surface area contributed by atoms with Crippen LogP contribution >= 0.6 is 0 Å². The molecule has 2 heterocycles. The summed E-state index contributed by atoms with van der Waals surface area (Å²) in [6.45, 7) is 6.19. The highest BCUT2D eigenvalue weighted by Gasteiger charge is 2.28. The maximum absolute atomic E-state index is 10.7. The van der Waals surface area contributed by atoms with E-state index in [0.29, 0.717) is 17.9 Å². The number of carboxylic acid groups (broad SMARTS) is 1. The van der Waals surface area contributed by atoms with Gasteiger partial charge in [-0.2, -0.15) is 4.98 Å². The zero-order chi connectivity index (χ0) is 11.7. The van der Waals surface area contributed by atoms with Crippen molar-refractivity contribution in [3.05, 3.63) is 12.0 Å². The van der Waals surface area contributed by atoms with E-state index in [1.807, 2.05) is 4.90 Å². The number of aromatic carboxylic acids is 1. The molecule has 0 bridgehead atoms.